The molecule has 4 rings (SSSR count). The zero-order valence-corrected chi connectivity index (χ0v) is 21.2. The predicted octanol–water partition coefficient (Wildman–Crippen LogP) is 5.25. The summed E-state index contributed by atoms with van der Waals surface area (Å²) in [5.41, 5.74) is 0.474. The number of nitrogens with zero attached hydrogens (tertiary/aromatic N) is 2. The number of aliphatic hydroxyl groups excluding tert-OH is 2. The lowest BCUT2D eigenvalue weighted by atomic mass is 9.74. The van der Waals surface area contributed by atoms with Crippen LogP contribution in [-0.4, -0.2) is 53.4 Å². The molecule has 9 heteroatoms. The molecular weight excluding hydrogens is 505 g/mol. The van der Waals surface area contributed by atoms with Gasteiger partial charge in [0.2, 0.25) is 0 Å². The second-order valence-corrected chi connectivity index (χ2v) is 9.85. The van der Waals surface area contributed by atoms with Gasteiger partial charge in [-0.25, -0.2) is 13.2 Å². The standard InChI is InChI=1S/C28H28ClF3N2O3/c1-37-19-4-5-25-21(15-19)27(22(29)16-33-25)26(36)6-7-28(17-35)8-11-34(12-9-28)10-2-3-20-23(31)13-18(30)14-24(20)32/h4-5,13-16,26,35-36H,6-12,17H2,1H3/t26-/m0/s1. The molecule has 196 valence electrons. The smallest absolute Gasteiger partial charge is 0.144 e. The summed E-state index contributed by atoms with van der Waals surface area (Å²) in [4.78, 5) is 6.37. The van der Waals surface area contributed by atoms with Crippen LogP contribution in [0.1, 0.15) is 42.9 Å². The van der Waals surface area contributed by atoms with Gasteiger partial charge in [-0.3, -0.25) is 9.88 Å². The molecule has 3 aromatic rings. The summed E-state index contributed by atoms with van der Waals surface area (Å²) < 4.78 is 45.9. The minimum absolute atomic E-state index is 0.0239. The molecule has 1 saturated heterocycles. The van der Waals surface area contributed by atoms with Crippen molar-refractivity contribution in [3.05, 3.63) is 70.1 Å². The first-order valence-corrected chi connectivity index (χ1v) is 12.4. The Labute approximate surface area is 218 Å². The minimum atomic E-state index is -1.03. The van der Waals surface area contributed by atoms with Crippen molar-refractivity contribution in [2.24, 2.45) is 5.41 Å². The number of likely N-dealkylation sites (tertiary alicyclic amines) is 1. The van der Waals surface area contributed by atoms with Gasteiger partial charge in [0.05, 0.1) is 35.9 Å². The topological polar surface area (TPSA) is 65.8 Å². The number of hydrogen-bond acceptors (Lipinski definition) is 5. The molecule has 37 heavy (non-hydrogen) atoms. The maximum Gasteiger partial charge on any atom is 0.144 e. The number of benzene rings is 2. The maximum atomic E-state index is 13.8. The Hall–Kier alpha value is -2.83. The second kappa shape index (κ2) is 11.7. The van der Waals surface area contributed by atoms with Gasteiger partial charge in [-0.1, -0.05) is 23.4 Å². The highest BCUT2D eigenvalue weighted by Crippen LogP contribution is 2.40. The Kier molecular flexibility index (Phi) is 8.60. The summed E-state index contributed by atoms with van der Waals surface area (Å²) >= 11 is 6.43. The van der Waals surface area contributed by atoms with Crippen LogP contribution in [0.15, 0.2) is 36.5 Å². The monoisotopic (exact) mass is 532 g/mol. The molecule has 2 N–H and O–H groups in total. The van der Waals surface area contributed by atoms with Crippen LogP contribution in [0.3, 0.4) is 0 Å². The van der Waals surface area contributed by atoms with Crippen LogP contribution in [0.25, 0.3) is 10.9 Å². The Morgan fingerprint density at radius 2 is 1.86 bits per heavy atom. The summed E-state index contributed by atoms with van der Waals surface area (Å²) in [6.45, 7) is 1.54. The van der Waals surface area contributed by atoms with E-state index >= 15 is 0 Å². The fourth-order valence-corrected chi connectivity index (χ4v) is 5.07. The van der Waals surface area contributed by atoms with Crippen LogP contribution in [0.4, 0.5) is 13.2 Å². The Morgan fingerprint density at radius 3 is 2.51 bits per heavy atom. The summed E-state index contributed by atoms with van der Waals surface area (Å²) in [5.74, 6) is 2.82. The lowest BCUT2D eigenvalue weighted by Gasteiger charge is -2.40. The first-order chi connectivity index (χ1) is 17.7. The molecule has 2 heterocycles. The lowest BCUT2D eigenvalue weighted by Crippen LogP contribution is -2.42. The average molecular weight is 533 g/mol. The number of rotatable bonds is 7. The number of halogens is 4. The van der Waals surface area contributed by atoms with E-state index in [0.717, 1.165) is 5.39 Å². The van der Waals surface area contributed by atoms with E-state index in [1.807, 2.05) is 11.0 Å². The van der Waals surface area contributed by atoms with Gasteiger partial charge >= 0.3 is 0 Å². The van der Waals surface area contributed by atoms with Crippen molar-refractivity contribution in [3.8, 4) is 17.6 Å². The zero-order chi connectivity index (χ0) is 26.6. The quantitative estimate of drug-likeness (QED) is 0.407. The van der Waals surface area contributed by atoms with Gasteiger partial charge in [-0.2, -0.15) is 0 Å². The van der Waals surface area contributed by atoms with Crippen molar-refractivity contribution in [2.75, 3.05) is 33.4 Å². The molecule has 1 aliphatic rings. The second-order valence-electron chi connectivity index (χ2n) is 9.44. The highest BCUT2D eigenvalue weighted by molar-refractivity contribution is 6.32. The maximum absolute atomic E-state index is 13.8. The normalized spacial score (nSPS) is 16.3. The largest absolute Gasteiger partial charge is 0.497 e. The van der Waals surface area contributed by atoms with E-state index < -0.39 is 29.1 Å². The van der Waals surface area contributed by atoms with Gasteiger partial charge in [0.25, 0.3) is 0 Å². The summed E-state index contributed by atoms with van der Waals surface area (Å²) in [7, 11) is 1.57. The third kappa shape index (κ3) is 6.19. The van der Waals surface area contributed by atoms with Crippen molar-refractivity contribution in [2.45, 2.75) is 31.8 Å². The molecule has 0 bridgehead atoms. The SMILES string of the molecule is COc1ccc2ncc(Cl)c([C@@H](O)CCC3(CO)CCN(CC#Cc4c(F)cc(F)cc4F)CC3)c2c1. The molecule has 0 radical (unpaired) electrons. The number of aliphatic hydroxyl groups is 2. The molecule has 2 aromatic carbocycles. The number of aromatic nitrogens is 1. The van der Waals surface area contributed by atoms with Crippen LogP contribution in [0, 0.1) is 34.7 Å². The number of ether oxygens (including phenoxy) is 1. The average Bonchev–Trinajstić information content (AvgIpc) is 2.89. The third-order valence-corrected chi connectivity index (χ3v) is 7.43. The first-order valence-electron chi connectivity index (χ1n) is 12.0. The van der Waals surface area contributed by atoms with Crippen LogP contribution in [0.5, 0.6) is 5.75 Å². The number of fused-ring (bicyclic) bond motifs is 1. The van der Waals surface area contributed by atoms with Crippen LogP contribution < -0.4 is 4.74 Å². The third-order valence-electron chi connectivity index (χ3n) is 7.12. The van der Waals surface area contributed by atoms with Crippen molar-refractivity contribution >= 4 is 22.5 Å². The van der Waals surface area contributed by atoms with Gasteiger partial charge in [-0.15, -0.1) is 0 Å². The predicted molar refractivity (Wildman–Crippen MR) is 136 cm³/mol. The Balaban J connectivity index is 1.38. The first kappa shape index (κ1) is 27.2. The number of piperidine rings is 1. The molecule has 0 unspecified atom stereocenters. The molecule has 5 nitrogen and oxygen atoms in total. The number of hydrogen-bond donors (Lipinski definition) is 2. The molecule has 1 fully saturated rings. The van der Waals surface area contributed by atoms with Gasteiger partial charge < -0.3 is 14.9 Å². The van der Waals surface area contributed by atoms with E-state index in [-0.39, 0.29) is 12.0 Å². The highest BCUT2D eigenvalue weighted by Gasteiger charge is 2.34. The molecule has 0 aliphatic carbocycles. The zero-order valence-electron chi connectivity index (χ0n) is 20.4. The van der Waals surface area contributed by atoms with E-state index in [4.69, 9.17) is 16.3 Å². The van der Waals surface area contributed by atoms with E-state index in [9.17, 15) is 23.4 Å². The highest BCUT2D eigenvalue weighted by atomic mass is 35.5. The summed E-state index contributed by atoms with van der Waals surface area (Å²) in [5, 5.41) is 22.4. The number of pyridine rings is 1. The van der Waals surface area contributed by atoms with Gasteiger partial charge in [0.15, 0.2) is 0 Å². The molecule has 1 aliphatic heterocycles. The summed E-state index contributed by atoms with van der Waals surface area (Å²) in [6.07, 6.45) is 3.02. The van der Waals surface area contributed by atoms with Gasteiger partial charge in [0.1, 0.15) is 23.2 Å². The fraction of sp³-hybridized carbons (Fsp3) is 0.393. The molecule has 1 aromatic heterocycles. The van der Waals surface area contributed by atoms with Crippen molar-refractivity contribution in [1.29, 1.82) is 0 Å². The van der Waals surface area contributed by atoms with Gasteiger partial charge in [-0.05, 0) is 62.4 Å². The molecule has 1 atom stereocenters. The number of methoxy groups -OCH3 is 1. The van der Waals surface area contributed by atoms with Crippen LogP contribution in [0.2, 0.25) is 5.02 Å². The lowest BCUT2D eigenvalue weighted by molar-refractivity contribution is 0.0273. The summed E-state index contributed by atoms with van der Waals surface area (Å²) in [6, 6.07) is 6.63. The van der Waals surface area contributed by atoms with Crippen molar-refractivity contribution in [3.63, 3.8) is 0 Å². The Bertz CT molecular complexity index is 1310. The minimum Gasteiger partial charge on any atom is -0.497 e. The van der Waals surface area contributed by atoms with Crippen molar-refractivity contribution in [1.82, 2.24) is 9.88 Å². The molecular formula is C28H28ClF3N2O3. The van der Waals surface area contributed by atoms with Gasteiger partial charge in [0, 0.05) is 35.9 Å². The molecule has 0 saturated carbocycles. The Morgan fingerprint density at radius 1 is 1.16 bits per heavy atom. The molecule has 0 amide bonds. The molecule has 0 spiro atoms. The van der Waals surface area contributed by atoms with E-state index in [1.54, 1.807) is 19.2 Å². The van der Waals surface area contributed by atoms with E-state index in [1.165, 1.54) is 6.20 Å². The van der Waals surface area contributed by atoms with Crippen molar-refractivity contribution < 1.29 is 28.1 Å². The van der Waals surface area contributed by atoms with Crippen LogP contribution >= 0.6 is 11.6 Å². The van der Waals surface area contributed by atoms with E-state index in [0.29, 0.717) is 79.3 Å². The van der Waals surface area contributed by atoms with E-state index in [2.05, 4.69) is 16.8 Å². The fourth-order valence-electron chi connectivity index (χ4n) is 4.79. The van der Waals surface area contributed by atoms with Crippen LogP contribution in [-0.2, 0) is 0 Å².